The summed E-state index contributed by atoms with van der Waals surface area (Å²) < 4.78 is 32.6. The summed E-state index contributed by atoms with van der Waals surface area (Å²) in [4.78, 5) is 27.0. The van der Waals surface area contributed by atoms with E-state index in [0.29, 0.717) is 11.6 Å². The zero-order valence-corrected chi connectivity index (χ0v) is 18.2. The number of carbonyl (C=O) groups is 2. The van der Waals surface area contributed by atoms with E-state index in [1.165, 1.54) is 23.3 Å². The van der Waals surface area contributed by atoms with Crippen LogP contribution in [0.5, 0.6) is 0 Å². The first-order valence-corrected chi connectivity index (χ1v) is 10.3. The Morgan fingerprint density at radius 2 is 1.68 bits per heavy atom. The van der Waals surface area contributed by atoms with E-state index in [0.717, 1.165) is 18.2 Å². The first kappa shape index (κ1) is 22.7. The summed E-state index contributed by atoms with van der Waals surface area (Å²) in [6.07, 6.45) is 1.50. The molecule has 1 saturated carbocycles. The van der Waals surface area contributed by atoms with Gasteiger partial charge < -0.3 is 15.0 Å². The Morgan fingerprint density at radius 3 is 2.19 bits per heavy atom. The summed E-state index contributed by atoms with van der Waals surface area (Å²) in [5, 5.41) is 2.55. The molecule has 0 spiro atoms. The second-order valence-electron chi connectivity index (χ2n) is 8.94. The highest BCUT2D eigenvalue weighted by Gasteiger charge is 2.28. The van der Waals surface area contributed by atoms with Crippen LogP contribution in [0.25, 0.3) is 0 Å². The molecule has 1 fully saturated rings. The number of ether oxygens (including phenoxy) is 1. The Balaban J connectivity index is 1.80. The number of alkyl carbamates (subject to hydrolysis) is 1. The number of benzene rings is 2. The fraction of sp³-hybridized carbons (Fsp3) is 0.417. The monoisotopic (exact) mass is 430 g/mol. The zero-order chi connectivity index (χ0) is 22.8. The number of rotatable bonds is 6. The minimum absolute atomic E-state index is 0.0861. The predicted molar refractivity (Wildman–Crippen MR) is 115 cm³/mol. The van der Waals surface area contributed by atoms with Crippen LogP contribution in [0.4, 0.5) is 19.3 Å². The van der Waals surface area contributed by atoms with Crippen molar-refractivity contribution in [3.05, 3.63) is 65.2 Å². The molecule has 0 heterocycles. The normalized spacial score (nSPS) is 14.6. The molecule has 1 aliphatic rings. The summed E-state index contributed by atoms with van der Waals surface area (Å²) in [5.41, 5.74) is 1.40. The van der Waals surface area contributed by atoms with E-state index < -0.39 is 35.3 Å². The van der Waals surface area contributed by atoms with Gasteiger partial charge in [0.25, 0.3) is 0 Å². The minimum atomic E-state index is -1.07. The molecule has 0 unspecified atom stereocenters. The number of carbonyl (C=O) groups excluding carboxylic acids is 2. The third-order valence-corrected chi connectivity index (χ3v) is 5.01. The lowest BCUT2D eigenvalue weighted by Crippen LogP contribution is -2.50. The maximum absolute atomic E-state index is 13.6. The number of nitrogens with one attached hydrogen (secondary N) is 1. The standard InChI is InChI=1S/C24H28F2N2O3/c1-24(2,3)31-23(30)27-21(13-15-11-18(25)14-19(26)12-15)22(29)28(4)20-9-7-17(8-10-20)16-5-6-16/h7-12,14,16,21H,5-6,13H2,1-4H3,(H,27,30)/t21-/m0/s1. The van der Waals surface area contributed by atoms with Crippen molar-refractivity contribution in [1.29, 1.82) is 0 Å². The van der Waals surface area contributed by atoms with Crippen LogP contribution >= 0.6 is 0 Å². The fourth-order valence-electron chi connectivity index (χ4n) is 3.36. The first-order chi connectivity index (χ1) is 14.5. The van der Waals surface area contributed by atoms with E-state index in [-0.39, 0.29) is 12.0 Å². The molecule has 0 radical (unpaired) electrons. The SMILES string of the molecule is CN(C(=O)[C@H](Cc1cc(F)cc(F)c1)NC(=O)OC(C)(C)C)c1ccc(C2CC2)cc1. The third kappa shape index (κ3) is 6.51. The lowest BCUT2D eigenvalue weighted by molar-refractivity contribution is -0.120. The van der Waals surface area contributed by atoms with Gasteiger partial charge in [0.15, 0.2) is 0 Å². The molecule has 0 bridgehead atoms. The Labute approximate surface area is 181 Å². The van der Waals surface area contributed by atoms with Gasteiger partial charge in [-0.2, -0.15) is 0 Å². The maximum Gasteiger partial charge on any atom is 0.408 e. The highest BCUT2D eigenvalue weighted by atomic mass is 19.1. The quantitative estimate of drug-likeness (QED) is 0.706. The van der Waals surface area contributed by atoms with Gasteiger partial charge in [-0.15, -0.1) is 0 Å². The molecule has 2 amide bonds. The first-order valence-electron chi connectivity index (χ1n) is 10.3. The molecular formula is C24H28F2N2O3. The van der Waals surface area contributed by atoms with E-state index in [1.54, 1.807) is 27.8 Å². The Bertz CT molecular complexity index is 930. The second kappa shape index (κ2) is 9.04. The van der Waals surface area contributed by atoms with Gasteiger partial charge in [0, 0.05) is 25.2 Å². The number of amides is 2. The van der Waals surface area contributed by atoms with Crippen LogP contribution in [-0.4, -0.2) is 30.7 Å². The van der Waals surface area contributed by atoms with E-state index in [9.17, 15) is 18.4 Å². The van der Waals surface area contributed by atoms with Crippen molar-refractivity contribution < 1.29 is 23.1 Å². The molecule has 1 aliphatic carbocycles. The average Bonchev–Trinajstić information content (AvgIpc) is 3.49. The summed E-state index contributed by atoms with van der Waals surface area (Å²) in [6.45, 7) is 5.12. The lowest BCUT2D eigenvalue weighted by atomic mass is 10.0. The molecule has 0 saturated heterocycles. The van der Waals surface area contributed by atoms with Crippen molar-refractivity contribution in [3.63, 3.8) is 0 Å². The lowest BCUT2D eigenvalue weighted by Gasteiger charge is -2.27. The van der Waals surface area contributed by atoms with Gasteiger partial charge in [0.1, 0.15) is 23.3 Å². The van der Waals surface area contributed by atoms with Gasteiger partial charge in [0.2, 0.25) is 5.91 Å². The highest BCUT2D eigenvalue weighted by molar-refractivity contribution is 5.98. The van der Waals surface area contributed by atoms with E-state index in [2.05, 4.69) is 5.32 Å². The van der Waals surface area contributed by atoms with Crippen LogP contribution in [0.15, 0.2) is 42.5 Å². The van der Waals surface area contributed by atoms with Gasteiger partial charge >= 0.3 is 6.09 Å². The summed E-state index contributed by atoms with van der Waals surface area (Å²) in [6, 6.07) is 9.69. The number of anilines is 1. The van der Waals surface area contributed by atoms with E-state index in [1.807, 2.05) is 24.3 Å². The molecule has 1 N–H and O–H groups in total. The van der Waals surface area contributed by atoms with Crippen molar-refractivity contribution >= 4 is 17.7 Å². The number of halogens is 2. The van der Waals surface area contributed by atoms with Gasteiger partial charge in [0.05, 0.1) is 0 Å². The molecule has 7 heteroatoms. The molecule has 0 aromatic heterocycles. The molecule has 31 heavy (non-hydrogen) atoms. The smallest absolute Gasteiger partial charge is 0.408 e. The van der Waals surface area contributed by atoms with Gasteiger partial charge in [-0.3, -0.25) is 4.79 Å². The predicted octanol–water partition coefficient (Wildman–Crippen LogP) is 4.94. The zero-order valence-electron chi connectivity index (χ0n) is 18.2. The number of nitrogens with zero attached hydrogens (tertiary/aromatic N) is 1. The van der Waals surface area contributed by atoms with Crippen molar-refractivity contribution in [2.45, 2.75) is 57.6 Å². The second-order valence-corrected chi connectivity index (χ2v) is 8.94. The number of hydrogen-bond acceptors (Lipinski definition) is 3. The summed E-state index contributed by atoms with van der Waals surface area (Å²) >= 11 is 0. The van der Waals surface area contributed by atoms with Crippen molar-refractivity contribution in [2.75, 3.05) is 11.9 Å². The molecule has 0 aliphatic heterocycles. The van der Waals surface area contributed by atoms with E-state index >= 15 is 0 Å². The molecule has 5 nitrogen and oxygen atoms in total. The van der Waals surface area contributed by atoms with Gasteiger partial charge in [-0.1, -0.05) is 12.1 Å². The summed E-state index contributed by atoms with van der Waals surface area (Å²) in [5.74, 6) is -1.32. The van der Waals surface area contributed by atoms with Crippen LogP contribution in [0, 0.1) is 11.6 Å². The average molecular weight is 430 g/mol. The van der Waals surface area contributed by atoms with Crippen molar-refractivity contribution in [2.24, 2.45) is 0 Å². The number of hydrogen-bond donors (Lipinski definition) is 1. The van der Waals surface area contributed by atoms with Gasteiger partial charge in [-0.25, -0.2) is 13.6 Å². The third-order valence-electron chi connectivity index (χ3n) is 5.01. The highest BCUT2D eigenvalue weighted by Crippen LogP contribution is 2.40. The van der Waals surface area contributed by atoms with Crippen molar-refractivity contribution in [3.8, 4) is 0 Å². The van der Waals surface area contributed by atoms with Crippen LogP contribution < -0.4 is 10.2 Å². The molecule has 2 aromatic carbocycles. The van der Waals surface area contributed by atoms with Crippen LogP contribution in [0.3, 0.4) is 0 Å². The topological polar surface area (TPSA) is 58.6 Å². The molecular weight excluding hydrogens is 402 g/mol. The van der Waals surface area contributed by atoms with Crippen LogP contribution in [0.2, 0.25) is 0 Å². The van der Waals surface area contributed by atoms with E-state index in [4.69, 9.17) is 4.74 Å². The van der Waals surface area contributed by atoms with Crippen molar-refractivity contribution in [1.82, 2.24) is 5.32 Å². The molecule has 3 rings (SSSR count). The Hall–Kier alpha value is -2.96. The Morgan fingerprint density at radius 1 is 1.10 bits per heavy atom. The van der Waals surface area contributed by atoms with Crippen LogP contribution in [0.1, 0.15) is 50.7 Å². The maximum atomic E-state index is 13.6. The Kier molecular flexibility index (Phi) is 6.62. The summed E-state index contributed by atoms with van der Waals surface area (Å²) in [7, 11) is 1.60. The molecule has 166 valence electrons. The molecule has 1 atom stereocenters. The fourth-order valence-corrected chi connectivity index (χ4v) is 3.36. The van der Waals surface area contributed by atoms with Crippen LogP contribution in [-0.2, 0) is 16.0 Å². The number of likely N-dealkylation sites (N-methyl/N-ethyl adjacent to an activating group) is 1. The van der Waals surface area contributed by atoms with Gasteiger partial charge in [-0.05, 0) is 74.9 Å². The minimum Gasteiger partial charge on any atom is -0.444 e. The largest absolute Gasteiger partial charge is 0.444 e. The molecule has 2 aromatic rings.